The molecule has 0 saturated carbocycles. The number of anilines is 2. The van der Waals surface area contributed by atoms with E-state index in [0.29, 0.717) is 12.1 Å². The highest BCUT2D eigenvalue weighted by molar-refractivity contribution is 6.16. The summed E-state index contributed by atoms with van der Waals surface area (Å²) in [6.07, 6.45) is 0. The van der Waals surface area contributed by atoms with Gasteiger partial charge in [-0.25, -0.2) is 0 Å². The van der Waals surface area contributed by atoms with Crippen molar-refractivity contribution in [2.45, 2.75) is 6.54 Å². The summed E-state index contributed by atoms with van der Waals surface area (Å²) in [4.78, 5) is 27.8. The highest BCUT2D eigenvalue weighted by Crippen LogP contribution is 2.31. The van der Waals surface area contributed by atoms with Crippen molar-refractivity contribution in [2.24, 2.45) is 5.73 Å². The van der Waals surface area contributed by atoms with E-state index in [0.717, 1.165) is 16.9 Å². The minimum absolute atomic E-state index is 0.179. The monoisotopic (exact) mass is 295 g/mol. The first kappa shape index (κ1) is 14.1. The van der Waals surface area contributed by atoms with E-state index in [9.17, 15) is 9.59 Å². The summed E-state index contributed by atoms with van der Waals surface area (Å²) in [5, 5.41) is 0. The van der Waals surface area contributed by atoms with Gasteiger partial charge < -0.3 is 15.5 Å². The van der Waals surface area contributed by atoms with Crippen LogP contribution in [0, 0.1) is 0 Å². The standard InChI is InChI=1S/C17H17N3O2/c1-19(2)12-6-8-13(9-7-12)20-10-11-4-3-5-14(16(18)21)15(11)17(20)22/h3-9H,10H2,1-2H3,(H2,18,21). The van der Waals surface area contributed by atoms with Crippen LogP contribution in [-0.2, 0) is 6.54 Å². The highest BCUT2D eigenvalue weighted by atomic mass is 16.2. The minimum atomic E-state index is -0.574. The Hall–Kier alpha value is -2.82. The molecule has 5 nitrogen and oxygen atoms in total. The lowest BCUT2D eigenvalue weighted by Crippen LogP contribution is -2.25. The molecule has 0 saturated heterocycles. The van der Waals surface area contributed by atoms with Crippen molar-refractivity contribution in [3.8, 4) is 0 Å². The van der Waals surface area contributed by atoms with Gasteiger partial charge >= 0.3 is 0 Å². The van der Waals surface area contributed by atoms with E-state index in [1.165, 1.54) is 0 Å². The summed E-state index contributed by atoms with van der Waals surface area (Å²) >= 11 is 0. The molecule has 0 unspecified atom stereocenters. The van der Waals surface area contributed by atoms with Crippen molar-refractivity contribution in [3.05, 3.63) is 59.2 Å². The average molecular weight is 295 g/mol. The molecular formula is C17H17N3O2. The lowest BCUT2D eigenvalue weighted by molar-refractivity contribution is 0.0967. The summed E-state index contributed by atoms with van der Waals surface area (Å²) in [5.41, 5.74) is 8.78. The number of rotatable bonds is 3. The summed E-state index contributed by atoms with van der Waals surface area (Å²) in [6.45, 7) is 0.455. The van der Waals surface area contributed by atoms with Crippen LogP contribution in [0.2, 0.25) is 0 Å². The van der Waals surface area contributed by atoms with Crippen molar-refractivity contribution in [3.63, 3.8) is 0 Å². The summed E-state index contributed by atoms with van der Waals surface area (Å²) in [7, 11) is 3.93. The number of fused-ring (bicyclic) bond motifs is 1. The Morgan fingerprint density at radius 2 is 1.82 bits per heavy atom. The molecule has 2 amide bonds. The molecule has 1 aliphatic rings. The van der Waals surface area contributed by atoms with E-state index in [1.54, 1.807) is 17.0 Å². The maximum atomic E-state index is 12.6. The number of hydrogen-bond donors (Lipinski definition) is 1. The van der Waals surface area contributed by atoms with Crippen LogP contribution in [0.5, 0.6) is 0 Å². The van der Waals surface area contributed by atoms with Gasteiger partial charge in [-0.2, -0.15) is 0 Å². The van der Waals surface area contributed by atoms with Crippen LogP contribution in [0.3, 0.4) is 0 Å². The lowest BCUT2D eigenvalue weighted by Gasteiger charge is -2.18. The molecule has 2 aromatic rings. The van der Waals surface area contributed by atoms with Gasteiger partial charge in [0, 0.05) is 25.5 Å². The van der Waals surface area contributed by atoms with Gasteiger partial charge in [-0.15, -0.1) is 0 Å². The third-order valence-electron chi connectivity index (χ3n) is 3.88. The van der Waals surface area contributed by atoms with Gasteiger partial charge in [0.1, 0.15) is 0 Å². The number of carbonyl (C=O) groups is 2. The first-order valence-electron chi connectivity index (χ1n) is 7.00. The fraction of sp³-hybridized carbons (Fsp3) is 0.176. The molecule has 2 N–H and O–H groups in total. The molecule has 5 heteroatoms. The van der Waals surface area contributed by atoms with Crippen LogP contribution in [0.25, 0.3) is 0 Å². The Balaban J connectivity index is 1.97. The zero-order valence-electron chi connectivity index (χ0n) is 12.5. The molecule has 0 aromatic heterocycles. The predicted molar refractivity (Wildman–Crippen MR) is 86.2 cm³/mol. The van der Waals surface area contributed by atoms with Crippen molar-refractivity contribution < 1.29 is 9.59 Å². The van der Waals surface area contributed by atoms with Gasteiger partial charge in [-0.05, 0) is 35.9 Å². The first-order valence-corrected chi connectivity index (χ1v) is 7.00. The number of nitrogens with zero attached hydrogens (tertiary/aromatic N) is 2. The zero-order chi connectivity index (χ0) is 15.9. The highest BCUT2D eigenvalue weighted by Gasteiger charge is 2.32. The first-order chi connectivity index (χ1) is 10.5. The number of hydrogen-bond acceptors (Lipinski definition) is 3. The zero-order valence-corrected chi connectivity index (χ0v) is 12.5. The molecule has 0 atom stereocenters. The van der Waals surface area contributed by atoms with E-state index < -0.39 is 5.91 Å². The van der Waals surface area contributed by atoms with Crippen molar-refractivity contribution in [2.75, 3.05) is 23.9 Å². The fourth-order valence-corrected chi connectivity index (χ4v) is 2.71. The molecule has 0 aliphatic carbocycles. The number of primary amides is 1. The molecule has 112 valence electrons. The van der Waals surface area contributed by atoms with Crippen LogP contribution >= 0.6 is 0 Å². The normalized spacial score (nSPS) is 13.2. The second-order valence-corrected chi connectivity index (χ2v) is 5.51. The number of carbonyl (C=O) groups excluding carboxylic acids is 2. The summed E-state index contributed by atoms with van der Waals surface area (Å²) in [6, 6.07) is 12.9. The Labute approximate surface area is 128 Å². The Kier molecular flexibility index (Phi) is 3.33. The molecule has 2 aromatic carbocycles. The van der Waals surface area contributed by atoms with Gasteiger partial charge in [0.2, 0.25) is 5.91 Å². The smallest absolute Gasteiger partial charge is 0.259 e. The van der Waals surface area contributed by atoms with Gasteiger partial charge in [0.25, 0.3) is 5.91 Å². The Bertz CT molecular complexity index is 751. The number of nitrogens with two attached hydrogens (primary N) is 1. The largest absolute Gasteiger partial charge is 0.378 e. The SMILES string of the molecule is CN(C)c1ccc(N2Cc3cccc(C(N)=O)c3C2=O)cc1. The second kappa shape index (κ2) is 5.18. The van der Waals surface area contributed by atoms with Gasteiger partial charge in [0.15, 0.2) is 0 Å². The molecule has 1 heterocycles. The van der Waals surface area contributed by atoms with Gasteiger partial charge in [-0.3, -0.25) is 9.59 Å². The van der Waals surface area contributed by atoms with Crippen LogP contribution in [-0.4, -0.2) is 25.9 Å². The van der Waals surface area contributed by atoms with Crippen molar-refractivity contribution in [1.82, 2.24) is 0 Å². The van der Waals surface area contributed by atoms with E-state index >= 15 is 0 Å². The molecule has 1 aliphatic heterocycles. The third kappa shape index (κ3) is 2.20. The Morgan fingerprint density at radius 1 is 1.14 bits per heavy atom. The Morgan fingerprint density at radius 3 is 2.41 bits per heavy atom. The molecule has 0 fully saturated rings. The number of amides is 2. The topological polar surface area (TPSA) is 66.6 Å². The molecular weight excluding hydrogens is 278 g/mol. The summed E-state index contributed by atoms with van der Waals surface area (Å²) < 4.78 is 0. The maximum absolute atomic E-state index is 12.6. The van der Waals surface area contributed by atoms with Gasteiger partial charge in [-0.1, -0.05) is 12.1 Å². The van der Waals surface area contributed by atoms with Crippen LogP contribution in [0.1, 0.15) is 26.3 Å². The van der Waals surface area contributed by atoms with Crippen LogP contribution in [0.15, 0.2) is 42.5 Å². The van der Waals surface area contributed by atoms with Gasteiger partial charge in [0.05, 0.1) is 17.7 Å². The molecule has 3 rings (SSSR count). The molecule has 0 bridgehead atoms. The quantitative estimate of drug-likeness (QED) is 0.942. The van der Waals surface area contributed by atoms with Crippen molar-refractivity contribution >= 4 is 23.2 Å². The van der Waals surface area contributed by atoms with E-state index in [-0.39, 0.29) is 11.5 Å². The van der Waals surface area contributed by atoms with Crippen LogP contribution in [0.4, 0.5) is 11.4 Å². The predicted octanol–water partition coefficient (Wildman–Crippen LogP) is 2.01. The fourth-order valence-electron chi connectivity index (χ4n) is 2.71. The number of benzene rings is 2. The second-order valence-electron chi connectivity index (χ2n) is 5.51. The minimum Gasteiger partial charge on any atom is -0.378 e. The summed E-state index contributed by atoms with van der Waals surface area (Å²) in [5.74, 6) is -0.753. The molecule has 0 spiro atoms. The lowest BCUT2D eigenvalue weighted by atomic mass is 10.0. The maximum Gasteiger partial charge on any atom is 0.259 e. The van der Waals surface area contributed by atoms with Crippen molar-refractivity contribution in [1.29, 1.82) is 0 Å². The van der Waals surface area contributed by atoms with E-state index in [2.05, 4.69) is 0 Å². The third-order valence-corrected chi connectivity index (χ3v) is 3.88. The molecule has 0 radical (unpaired) electrons. The van der Waals surface area contributed by atoms with E-state index in [1.807, 2.05) is 49.3 Å². The molecule has 22 heavy (non-hydrogen) atoms. The average Bonchev–Trinajstić information content (AvgIpc) is 2.84. The van der Waals surface area contributed by atoms with E-state index in [4.69, 9.17) is 5.73 Å². The van der Waals surface area contributed by atoms with Crippen LogP contribution < -0.4 is 15.5 Å².